The van der Waals surface area contributed by atoms with Gasteiger partial charge in [-0.1, -0.05) is 0 Å². The zero-order valence-corrected chi connectivity index (χ0v) is 11.4. The molecule has 0 aliphatic heterocycles. The van der Waals surface area contributed by atoms with Crippen molar-refractivity contribution in [3.05, 3.63) is 52.3 Å². The molecule has 0 radical (unpaired) electrons. The van der Waals surface area contributed by atoms with Gasteiger partial charge >= 0.3 is 11.5 Å². The molecule has 0 atom stereocenters. The summed E-state index contributed by atoms with van der Waals surface area (Å²) in [5.41, 5.74) is -0.871. The van der Waals surface area contributed by atoms with Crippen LogP contribution in [0.4, 0.5) is 4.39 Å². The summed E-state index contributed by atoms with van der Waals surface area (Å²) in [7, 11) is 0. The van der Waals surface area contributed by atoms with Crippen molar-refractivity contribution in [2.75, 3.05) is 0 Å². The second-order valence-electron chi connectivity index (χ2n) is 4.59. The maximum atomic E-state index is 13.1. The van der Waals surface area contributed by atoms with Crippen LogP contribution in [-0.2, 0) is 0 Å². The molecular weight excluding hydrogens is 279 g/mol. The van der Waals surface area contributed by atoms with Crippen molar-refractivity contribution in [2.45, 2.75) is 19.9 Å². The first-order valence-electron chi connectivity index (χ1n) is 6.18. The summed E-state index contributed by atoms with van der Waals surface area (Å²) in [6, 6.07) is 2.91. The first kappa shape index (κ1) is 14.7. The smallest absolute Gasteiger partial charge is 0.339 e. The van der Waals surface area contributed by atoms with Gasteiger partial charge in [0.1, 0.15) is 17.1 Å². The van der Waals surface area contributed by atoms with Gasteiger partial charge in [0.15, 0.2) is 0 Å². The van der Waals surface area contributed by atoms with Gasteiger partial charge < -0.3 is 14.4 Å². The van der Waals surface area contributed by atoms with E-state index in [0.717, 1.165) is 18.2 Å². The van der Waals surface area contributed by atoms with Crippen LogP contribution in [0.1, 0.15) is 30.2 Å². The average molecular weight is 292 g/mol. The lowest BCUT2D eigenvalue weighted by Gasteiger charge is -2.12. The molecule has 0 aliphatic carbocycles. The molecule has 1 aromatic heterocycles. The summed E-state index contributed by atoms with van der Waals surface area (Å²) in [5, 5.41) is 9.03. The molecular formula is C14H13FN2O4. The molecule has 0 unspecified atom stereocenters. The summed E-state index contributed by atoms with van der Waals surface area (Å²) in [4.78, 5) is 27.0. The maximum absolute atomic E-state index is 13.1. The number of carboxylic acid groups (broad SMARTS) is 1. The molecule has 110 valence electrons. The molecule has 0 spiro atoms. The van der Waals surface area contributed by atoms with E-state index in [1.54, 1.807) is 0 Å². The van der Waals surface area contributed by atoms with E-state index >= 15 is 0 Å². The third kappa shape index (κ3) is 3.07. The van der Waals surface area contributed by atoms with Crippen LogP contribution in [0.2, 0.25) is 0 Å². The van der Waals surface area contributed by atoms with Crippen LogP contribution < -0.4 is 10.3 Å². The molecule has 21 heavy (non-hydrogen) atoms. The van der Waals surface area contributed by atoms with E-state index in [1.807, 2.05) is 13.8 Å². The highest BCUT2D eigenvalue weighted by molar-refractivity contribution is 5.90. The minimum atomic E-state index is -1.36. The van der Waals surface area contributed by atoms with Crippen LogP contribution in [0.5, 0.6) is 11.6 Å². The third-order valence-corrected chi connectivity index (χ3v) is 2.77. The molecule has 2 rings (SSSR count). The Bertz CT molecular complexity index is 740. The Labute approximate surface area is 119 Å². The Kier molecular flexibility index (Phi) is 4.02. The Morgan fingerprint density at radius 2 is 2.14 bits per heavy atom. The van der Waals surface area contributed by atoms with Gasteiger partial charge in [0.05, 0.1) is 0 Å². The highest BCUT2D eigenvalue weighted by Crippen LogP contribution is 2.23. The van der Waals surface area contributed by atoms with Gasteiger partial charge in [-0.2, -0.15) is 0 Å². The van der Waals surface area contributed by atoms with Crippen LogP contribution in [0.25, 0.3) is 0 Å². The molecule has 1 N–H and O–H groups in total. The van der Waals surface area contributed by atoms with Gasteiger partial charge in [-0.05, 0) is 32.0 Å². The summed E-state index contributed by atoms with van der Waals surface area (Å²) in [6.45, 7) is 3.62. The van der Waals surface area contributed by atoms with Crippen molar-refractivity contribution >= 4 is 5.97 Å². The fourth-order valence-corrected chi connectivity index (χ4v) is 1.75. The number of carboxylic acids is 1. The van der Waals surface area contributed by atoms with E-state index in [0.29, 0.717) is 0 Å². The SMILES string of the molecule is CC(C)n1ccnc(Oc2ccc(F)cc2C(=O)O)c1=O. The van der Waals surface area contributed by atoms with Crippen LogP contribution in [0.15, 0.2) is 35.4 Å². The highest BCUT2D eigenvalue weighted by Gasteiger charge is 2.16. The molecule has 0 saturated carbocycles. The van der Waals surface area contributed by atoms with Gasteiger partial charge in [0.25, 0.3) is 5.88 Å². The van der Waals surface area contributed by atoms with Crippen molar-refractivity contribution in [1.29, 1.82) is 0 Å². The minimum Gasteiger partial charge on any atom is -0.478 e. The van der Waals surface area contributed by atoms with E-state index in [-0.39, 0.29) is 23.2 Å². The Morgan fingerprint density at radius 1 is 1.43 bits per heavy atom. The van der Waals surface area contributed by atoms with E-state index in [2.05, 4.69) is 4.98 Å². The lowest BCUT2D eigenvalue weighted by molar-refractivity contribution is 0.0693. The zero-order valence-electron chi connectivity index (χ0n) is 11.4. The van der Waals surface area contributed by atoms with Crippen molar-refractivity contribution in [2.24, 2.45) is 0 Å². The predicted molar refractivity (Wildman–Crippen MR) is 72.3 cm³/mol. The first-order valence-corrected chi connectivity index (χ1v) is 6.18. The van der Waals surface area contributed by atoms with Crippen LogP contribution in [0, 0.1) is 5.82 Å². The molecule has 2 aromatic rings. The fraction of sp³-hybridized carbons (Fsp3) is 0.214. The number of aromatic carboxylic acids is 1. The molecule has 0 aliphatic rings. The quantitative estimate of drug-likeness (QED) is 0.936. The Balaban J connectivity index is 2.46. The van der Waals surface area contributed by atoms with E-state index in [4.69, 9.17) is 9.84 Å². The van der Waals surface area contributed by atoms with E-state index in [9.17, 15) is 14.0 Å². The summed E-state index contributed by atoms with van der Waals surface area (Å²) in [6.07, 6.45) is 2.88. The molecule has 0 saturated heterocycles. The number of hydrogen-bond donors (Lipinski definition) is 1. The lowest BCUT2D eigenvalue weighted by Crippen LogP contribution is -2.23. The molecule has 0 fully saturated rings. The van der Waals surface area contributed by atoms with Gasteiger partial charge in [-0.25, -0.2) is 14.2 Å². The van der Waals surface area contributed by atoms with Gasteiger partial charge in [0.2, 0.25) is 0 Å². The topological polar surface area (TPSA) is 81.4 Å². The molecule has 1 aromatic carbocycles. The van der Waals surface area contributed by atoms with Crippen molar-refractivity contribution in [3.8, 4) is 11.6 Å². The van der Waals surface area contributed by atoms with Crippen LogP contribution >= 0.6 is 0 Å². The van der Waals surface area contributed by atoms with Gasteiger partial charge in [-0.15, -0.1) is 0 Å². The number of halogens is 1. The number of hydrogen-bond acceptors (Lipinski definition) is 4. The monoisotopic (exact) mass is 292 g/mol. The maximum Gasteiger partial charge on any atom is 0.339 e. The van der Waals surface area contributed by atoms with E-state index < -0.39 is 17.3 Å². The summed E-state index contributed by atoms with van der Waals surface area (Å²) < 4.78 is 19.7. The van der Waals surface area contributed by atoms with Crippen LogP contribution in [0.3, 0.4) is 0 Å². The van der Waals surface area contributed by atoms with Crippen molar-refractivity contribution < 1.29 is 19.0 Å². The van der Waals surface area contributed by atoms with Crippen molar-refractivity contribution in [3.63, 3.8) is 0 Å². The predicted octanol–water partition coefficient (Wildman–Crippen LogP) is 2.45. The van der Waals surface area contributed by atoms with Gasteiger partial charge in [-0.3, -0.25) is 4.79 Å². The minimum absolute atomic E-state index is 0.102. The Hall–Kier alpha value is -2.70. The second kappa shape index (κ2) is 5.74. The number of ether oxygens (including phenoxy) is 1. The largest absolute Gasteiger partial charge is 0.478 e. The zero-order chi connectivity index (χ0) is 15.6. The molecule has 1 heterocycles. The first-order chi connectivity index (χ1) is 9.90. The average Bonchev–Trinajstić information content (AvgIpc) is 2.42. The van der Waals surface area contributed by atoms with E-state index in [1.165, 1.54) is 17.0 Å². The summed E-state index contributed by atoms with van der Waals surface area (Å²) in [5.74, 6) is -2.47. The molecule has 0 bridgehead atoms. The molecule has 6 nitrogen and oxygen atoms in total. The third-order valence-electron chi connectivity index (χ3n) is 2.77. The fourth-order valence-electron chi connectivity index (χ4n) is 1.75. The standard InChI is InChI=1S/C14H13FN2O4/c1-8(2)17-6-5-16-12(13(17)18)21-11-4-3-9(15)7-10(11)14(19)20/h3-8H,1-2H3,(H,19,20). The molecule has 7 heteroatoms. The number of benzene rings is 1. The molecule has 0 amide bonds. The highest BCUT2D eigenvalue weighted by atomic mass is 19.1. The summed E-state index contributed by atoms with van der Waals surface area (Å²) >= 11 is 0. The number of carbonyl (C=O) groups is 1. The number of aromatic nitrogens is 2. The number of nitrogens with zero attached hydrogens (tertiary/aromatic N) is 2. The van der Waals surface area contributed by atoms with Crippen molar-refractivity contribution in [1.82, 2.24) is 9.55 Å². The number of rotatable bonds is 4. The normalized spacial score (nSPS) is 10.7. The van der Waals surface area contributed by atoms with Crippen LogP contribution in [-0.4, -0.2) is 20.6 Å². The second-order valence-corrected chi connectivity index (χ2v) is 4.59. The lowest BCUT2D eigenvalue weighted by atomic mass is 10.2. The Morgan fingerprint density at radius 3 is 2.76 bits per heavy atom. The van der Waals surface area contributed by atoms with Gasteiger partial charge in [0, 0.05) is 18.4 Å².